The maximum absolute atomic E-state index is 14.3. The van der Waals surface area contributed by atoms with Gasteiger partial charge in [-0.25, -0.2) is 4.79 Å². The van der Waals surface area contributed by atoms with Crippen LogP contribution in [0.15, 0.2) is 0 Å². The largest absolute Gasteiger partial charge is 0.460 e. The van der Waals surface area contributed by atoms with Crippen molar-refractivity contribution in [3.8, 4) is 0 Å². The van der Waals surface area contributed by atoms with Crippen molar-refractivity contribution in [3.05, 3.63) is 0 Å². The first kappa shape index (κ1) is 31.7. The van der Waals surface area contributed by atoms with Crippen LogP contribution in [-0.2, 0) is 19.1 Å². The molecule has 1 fully saturated rings. The Balaban J connectivity index is 3.90. The van der Waals surface area contributed by atoms with Crippen LogP contribution in [0.5, 0.6) is 0 Å². The Morgan fingerprint density at radius 1 is 0.583 bits per heavy atom. The van der Waals surface area contributed by atoms with Crippen molar-refractivity contribution >= 4 is 12.0 Å². The fourth-order valence-electron chi connectivity index (χ4n) is 2.14. The zero-order valence-corrected chi connectivity index (χ0v) is 15.2. The highest BCUT2D eigenvalue weighted by Crippen LogP contribution is 2.64. The Bertz CT molecular complexity index is 917. The predicted molar refractivity (Wildman–Crippen MR) is 61.7 cm³/mol. The molecule has 1 rings (SSSR count). The van der Waals surface area contributed by atoms with Gasteiger partial charge in [-0.1, -0.05) is 0 Å². The van der Waals surface area contributed by atoms with Crippen molar-refractivity contribution in [2.75, 3.05) is 0 Å². The number of hydrogen-bond acceptors (Lipinski definition) is 4. The van der Waals surface area contributed by atoms with E-state index in [0.717, 1.165) is 0 Å². The summed E-state index contributed by atoms with van der Waals surface area (Å²) in [4.78, 5) is 21.8. The van der Waals surface area contributed by atoms with Gasteiger partial charge in [-0.15, -0.1) is 0 Å². The van der Waals surface area contributed by atoms with E-state index in [4.69, 9.17) is 0 Å². The molecule has 1 aliphatic rings. The Hall–Kier alpha value is -2.30. The standard InChI is InChI=1S/C12F20O4/c13-1(33)4(6(17,18)8(21,22)10(25,26)12(30,31)32)35-2(34)3(14,36-4)5(15,16)7(19,20)9(23,24)11(27,28)29. The number of halogens is 20. The first-order valence-corrected chi connectivity index (χ1v) is 7.50. The normalized spacial score (nSPS) is 25.7. The Kier molecular flexibility index (Phi) is 6.71. The first-order chi connectivity index (χ1) is 15.3. The van der Waals surface area contributed by atoms with Gasteiger partial charge in [0.1, 0.15) is 0 Å². The molecular weight excluding hydrogens is 588 g/mol. The summed E-state index contributed by atoms with van der Waals surface area (Å²) in [5.41, 5.74) is 0. The molecule has 1 heterocycles. The van der Waals surface area contributed by atoms with Crippen LogP contribution in [-0.4, -0.2) is 71.5 Å². The highest BCUT2D eigenvalue weighted by Gasteiger charge is 2.96. The van der Waals surface area contributed by atoms with Gasteiger partial charge in [-0.3, -0.25) is 9.53 Å². The number of cyclic esters (lactones) is 1. The number of alkyl halides is 19. The van der Waals surface area contributed by atoms with Crippen LogP contribution in [0, 0.1) is 0 Å². The fourth-order valence-corrected chi connectivity index (χ4v) is 2.14. The number of carbonyl (C=O) groups is 2. The van der Waals surface area contributed by atoms with Crippen LogP contribution in [0.2, 0.25) is 0 Å². The topological polar surface area (TPSA) is 52.6 Å². The van der Waals surface area contributed by atoms with E-state index in [1.54, 1.807) is 0 Å². The molecule has 2 atom stereocenters. The van der Waals surface area contributed by atoms with E-state index in [2.05, 4.69) is 4.74 Å². The number of carbonyl (C=O) groups excluding carboxylic acids is 2. The lowest BCUT2D eigenvalue weighted by atomic mass is 9.95. The van der Waals surface area contributed by atoms with Crippen molar-refractivity contribution in [2.24, 2.45) is 0 Å². The molecule has 36 heavy (non-hydrogen) atoms. The lowest BCUT2D eigenvalue weighted by Crippen LogP contribution is -2.72. The third kappa shape index (κ3) is 3.48. The van der Waals surface area contributed by atoms with E-state index in [0.29, 0.717) is 0 Å². The van der Waals surface area contributed by atoms with E-state index in [9.17, 15) is 97.4 Å². The minimum absolute atomic E-state index is 2.00. The second-order valence-electron chi connectivity index (χ2n) is 6.42. The van der Waals surface area contributed by atoms with Crippen LogP contribution < -0.4 is 0 Å². The van der Waals surface area contributed by atoms with Crippen LogP contribution in [0.25, 0.3) is 0 Å². The van der Waals surface area contributed by atoms with Gasteiger partial charge >= 0.3 is 71.5 Å². The minimum Gasteiger partial charge on any atom is -0.412 e. The van der Waals surface area contributed by atoms with Crippen LogP contribution >= 0.6 is 0 Å². The van der Waals surface area contributed by atoms with Crippen LogP contribution in [0.1, 0.15) is 0 Å². The molecule has 0 aliphatic carbocycles. The van der Waals surface area contributed by atoms with Crippen molar-refractivity contribution in [3.63, 3.8) is 0 Å². The van der Waals surface area contributed by atoms with E-state index in [1.807, 2.05) is 4.74 Å². The second kappa shape index (κ2) is 7.61. The summed E-state index contributed by atoms with van der Waals surface area (Å²) in [6.07, 6.45) is -15.7. The number of hydrogen-bond donors (Lipinski definition) is 0. The summed E-state index contributed by atoms with van der Waals surface area (Å²) in [7, 11) is 0. The van der Waals surface area contributed by atoms with Gasteiger partial charge in [0.2, 0.25) is 0 Å². The Morgan fingerprint density at radius 2 is 0.889 bits per heavy atom. The Morgan fingerprint density at radius 3 is 1.17 bits per heavy atom. The summed E-state index contributed by atoms with van der Waals surface area (Å²) in [5, 5.41) is 0. The smallest absolute Gasteiger partial charge is 0.412 e. The SMILES string of the molecule is O=C1OC(C(=O)F)(C(F)(F)C(F)(F)C(F)(F)C(F)(F)F)OC1(F)C(F)(F)C(F)(F)C(F)(F)C(F)(F)F. The molecule has 0 spiro atoms. The van der Waals surface area contributed by atoms with Crippen molar-refractivity contribution < 1.29 is 107 Å². The molecule has 0 saturated carbocycles. The van der Waals surface area contributed by atoms with Gasteiger partial charge in [0, 0.05) is 0 Å². The number of ether oxygens (including phenoxy) is 2. The maximum atomic E-state index is 14.3. The third-order valence-corrected chi connectivity index (χ3v) is 4.15. The van der Waals surface area contributed by atoms with Crippen molar-refractivity contribution in [1.29, 1.82) is 0 Å². The molecule has 0 aromatic heterocycles. The average molecular weight is 588 g/mol. The molecule has 1 saturated heterocycles. The summed E-state index contributed by atoms with van der Waals surface area (Å²) >= 11 is 0. The van der Waals surface area contributed by atoms with Crippen LogP contribution in [0.3, 0.4) is 0 Å². The van der Waals surface area contributed by atoms with E-state index in [-0.39, 0.29) is 0 Å². The summed E-state index contributed by atoms with van der Waals surface area (Å²) in [5.74, 6) is -69.1. The summed E-state index contributed by atoms with van der Waals surface area (Å²) in [6.45, 7) is 0. The zero-order valence-electron chi connectivity index (χ0n) is 15.2. The fraction of sp³-hybridized carbons (Fsp3) is 0.833. The molecule has 212 valence electrons. The third-order valence-electron chi connectivity index (χ3n) is 4.15. The first-order valence-electron chi connectivity index (χ1n) is 7.50. The van der Waals surface area contributed by atoms with Gasteiger partial charge in [-0.05, 0) is 0 Å². The monoisotopic (exact) mass is 588 g/mol. The van der Waals surface area contributed by atoms with Gasteiger partial charge in [-0.2, -0.15) is 87.8 Å². The summed E-state index contributed by atoms with van der Waals surface area (Å²) < 4.78 is 265. The van der Waals surface area contributed by atoms with Gasteiger partial charge in [0.25, 0.3) is 0 Å². The van der Waals surface area contributed by atoms with E-state index >= 15 is 0 Å². The molecule has 2 unspecified atom stereocenters. The van der Waals surface area contributed by atoms with Gasteiger partial charge in [0.05, 0.1) is 0 Å². The molecule has 0 aromatic rings. The molecule has 4 nitrogen and oxygen atoms in total. The number of esters is 1. The van der Waals surface area contributed by atoms with Crippen LogP contribution in [0.4, 0.5) is 87.8 Å². The molecule has 0 N–H and O–H groups in total. The molecular formula is C12F20O4. The van der Waals surface area contributed by atoms with Gasteiger partial charge < -0.3 is 4.74 Å². The second-order valence-corrected chi connectivity index (χ2v) is 6.42. The van der Waals surface area contributed by atoms with Gasteiger partial charge in [0.15, 0.2) is 0 Å². The molecule has 0 amide bonds. The molecule has 24 heteroatoms. The highest BCUT2D eigenvalue weighted by molar-refractivity contribution is 5.89. The maximum Gasteiger partial charge on any atom is 0.460 e. The molecule has 0 radical (unpaired) electrons. The Labute approximate surface area is 180 Å². The average Bonchev–Trinajstić information content (AvgIpc) is 2.93. The summed E-state index contributed by atoms with van der Waals surface area (Å²) in [6, 6.07) is -4.93. The highest BCUT2D eigenvalue weighted by atomic mass is 19.4. The lowest BCUT2D eigenvalue weighted by molar-refractivity contribution is -0.454. The quantitative estimate of drug-likeness (QED) is 0.229. The molecule has 0 aromatic carbocycles. The molecule has 0 bridgehead atoms. The number of rotatable bonds is 7. The van der Waals surface area contributed by atoms with Crippen molar-refractivity contribution in [1.82, 2.24) is 0 Å². The van der Waals surface area contributed by atoms with Crippen molar-refractivity contribution in [2.45, 2.75) is 59.5 Å². The predicted octanol–water partition coefficient (Wildman–Crippen LogP) is 5.35. The molecule has 1 aliphatic heterocycles. The van der Waals surface area contributed by atoms with E-state index in [1.165, 1.54) is 0 Å². The zero-order chi connectivity index (χ0) is 29.6. The lowest BCUT2D eigenvalue weighted by Gasteiger charge is -2.40. The minimum atomic E-state index is -8.42. The van der Waals surface area contributed by atoms with E-state index < -0.39 is 71.5 Å².